The molecule has 0 radical (unpaired) electrons. The second-order valence-corrected chi connectivity index (χ2v) is 6.51. The molecule has 0 aliphatic heterocycles. The minimum atomic E-state index is -0.449. The summed E-state index contributed by atoms with van der Waals surface area (Å²) in [6, 6.07) is 8.58. The number of likely N-dealkylation sites (N-methyl/N-ethyl adjacent to an activating group) is 1. The summed E-state index contributed by atoms with van der Waals surface area (Å²) in [7, 11) is 9.93. The molecule has 0 aliphatic carbocycles. The summed E-state index contributed by atoms with van der Waals surface area (Å²) in [6.45, 7) is 0.570. The molecule has 8 heteroatoms. The number of rotatable bonds is 9. The Morgan fingerprint density at radius 2 is 1.55 bits per heavy atom. The quantitative estimate of drug-likeness (QED) is 0.359. The number of hydrogen-bond donors (Lipinski definition) is 0. The first kappa shape index (κ1) is 22.0. The Kier molecular flexibility index (Phi) is 7.44. The molecule has 0 spiro atoms. The largest absolute Gasteiger partial charge is 0.493 e. The predicted molar refractivity (Wildman–Crippen MR) is 112 cm³/mol. The van der Waals surface area contributed by atoms with Gasteiger partial charge in [-0.1, -0.05) is 6.07 Å². The highest BCUT2D eigenvalue weighted by atomic mass is 16.6. The lowest BCUT2D eigenvalue weighted by Crippen LogP contribution is -2.14. The van der Waals surface area contributed by atoms with Crippen LogP contribution in [0.2, 0.25) is 0 Å². The van der Waals surface area contributed by atoms with Gasteiger partial charge in [0, 0.05) is 12.6 Å². The van der Waals surface area contributed by atoms with E-state index in [1.165, 1.54) is 13.2 Å². The Balaban J connectivity index is 2.63. The lowest BCUT2D eigenvalue weighted by atomic mass is 10.0. The molecule has 29 heavy (non-hydrogen) atoms. The molecule has 0 aliphatic rings. The summed E-state index contributed by atoms with van der Waals surface area (Å²) in [5, 5.41) is 11.4. The number of nitro groups is 1. The molecule has 0 fully saturated rings. The van der Waals surface area contributed by atoms with Crippen LogP contribution in [0.4, 0.5) is 5.69 Å². The molecule has 156 valence electrons. The zero-order chi connectivity index (χ0) is 21.6. The van der Waals surface area contributed by atoms with Crippen LogP contribution in [0.1, 0.15) is 11.1 Å². The summed E-state index contributed by atoms with van der Waals surface area (Å²) in [5.74, 6) is 1.78. The number of methoxy groups -OCH3 is 4. The van der Waals surface area contributed by atoms with E-state index >= 15 is 0 Å². The van der Waals surface area contributed by atoms with Crippen LogP contribution >= 0.6 is 0 Å². The molecule has 2 rings (SSSR count). The molecule has 0 amide bonds. The van der Waals surface area contributed by atoms with Crippen molar-refractivity contribution in [2.45, 2.75) is 0 Å². The lowest BCUT2D eigenvalue weighted by Gasteiger charge is -2.16. The molecular weight excluding hydrogens is 376 g/mol. The van der Waals surface area contributed by atoms with Crippen molar-refractivity contribution < 1.29 is 23.9 Å². The predicted octanol–water partition coefficient (Wildman–Crippen LogP) is 3.73. The molecule has 0 heterocycles. The SMILES string of the molecule is COc1ccc(C(=Cc2cc(OC)c(OC)c(OC)c2)CN(C)C)cc1[N+](=O)[O-]. The molecule has 0 unspecified atom stereocenters. The number of nitrogens with zero attached hydrogens (tertiary/aromatic N) is 2. The van der Waals surface area contributed by atoms with Crippen LogP contribution < -0.4 is 18.9 Å². The number of nitro benzene ring substituents is 1. The zero-order valence-corrected chi connectivity index (χ0v) is 17.5. The van der Waals surface area contributed by atoms with Crippen molar-refractivity contribution in [1.29, 1.82) is 0 Å². The van der Waals surface area contributed by atoms with Crippen molar-refractivity contribution in [2.75, 3.05) is 49.1 Å². The molecule has 0 aromatic heterocycles. The van der Waals surface area contributed by atoms with Gasteiger partial charge in [-0.2, -0.15) is 0 Å². The van der Waals surface area contributed by atoms with E-state index in [2.05, 4.69) is 0 Å². The first-order valence-electron chi connectivity index (χ1n) is 8.82. The Labute approximate surface area is 170 Å². The fourth-order valence-electron chi connectivity index (χ4n) is 2.98. The molecule has 0 atom stereocenters. The first-order valence-corrected chi connectivity index (χ1v) is 8.82. The highest BCUT2D eigenvalue weighted by Crippen LogP contribution is 2.39. The van der Waals surface area contributed by atoms with Gasteiger partial charge in [0.05, 0.1) is 33.4 Å². The number of hydrogen-bond acceptors (Lipinski definition) is 7. The molecule has 2 aromatic rings. The van der Waals surface area contributed by atoms with E-state index in [9.17, 15) is 10.1 Å². The Hall–Kier alpha value is -3.26. The number of benzene rings is 2. The Morgan fingerprint density at radius 3 is 2.00 bits per heavy atom. The van der Waals surface area contributed by atoms with Crippen LogP contribution in [-0.4, -0.2) is 58.9 Å². The van der Waals surface area contributed by atoms with Gasteiger partial charge in [0.25, 0.3) is 0 Å². The van der Waals surface area contributed by atoms with Crippen LogP contribution in [0.3, 0.4) is 0 Å². The third-order valence-electron chi connectivity index (χ3n) is 4.26. The van der Waals surface area contributed by atoms with Crippen LogP contribution in [-0.2, 0) is 0 Å². The summed E-state index contributed by atoms with van der Waals surface area (Å²) in [5.41, 5.74) is 2.34. The van der Waals surface area contributed by atoms with Gasteiger partial charge < -0.3 is 23.8 Å². The van der Waals surface area contributed by atoms with Crippen molar-refractivity contribution in [1.82, 2.24) is 4.90 Å². The van der Waals surface area contributed by atoms with Gasteiger partial charge in [-0.05, 0) is 55.1 Å². The third kappa shape index (κ3) is 5.17. The van der Waals surface area contributed by atoms with Crippen molar-refractivity contribution in [3.8, 4) is 23.0 Å². The maximum atomic E-state index is 11.4. The second-order valence-electron chi connectivity index (χ2n) is 6.51. The maximum absolute atomic E-state index is 11.4. The van der Waals surface area contributed by atoms with Gasteiger partial charge in [-0.15, -0.1) is 0 Å². The standard InChI is InChI=1S/C21H26N2O6/c1-22(2)13-16(15-7-8-18(26-3)17(12-15)23(24)25)9-14-10-19(27-4)21(29-6)20(11-14)28-5/h7-12H,13H2,1-6H3. The highest BCUT2D eigenvalue weighted by Gasteiger charge is 2.18. The average molecular weight is 402 g/mol. The summed E-state index contributed by atoms with van der Waals surface area (Å²) < 4.78 is 21.3. The third-order valence-corrected chi connectivity index (χ3v) is 4.26. The molecule has 0 N–H and O–H groups in total. The highest BCUT2D eigenvalue weighted by molar-refractivity contribution is 5.84. The lowest BCUT2D eigenvalue weighted by molar-refractivity contribution is -0.385. The van der Waals surface area contributed by atoms with Gasteiger partial charge in [-0.25, -0.2) is 0 Å². The maximum Gasteiger partial charge on any atom is 0.311 e. The minimum absolute atomic E-state index is 0.0838. The van der Waals surface area contributed by atoms with Crippen molar-refractivity contribution >= 4 is 17.3 Å². The van der Waals surface area contributed by atoms with Gasteiger partial charge in [-0.3, -0.25) is 10.1 Å². The van der Waals surface area contributed by atoms with E-state index in [1.807, 2.05) is 37.2 Å². The van der Waals surface area contributed by atoms with E-state index in [0.29, 0.717) is 23.8 Å². The average Bonchev–Trinajstić information content (AvgIpc) is 2.71. The van der Waals surface area contributed by atoms with Crippen LogP contribution in [0.25, 0.3) is 11.6 Å². The number of ether oxygens (including phenoxy) is 4. The zero-order valence-electron chi connectivity index (χ0n) is 17.5. The molecule has 0 saturated heterocycles. The summed E-state index contributed by atoms with van der Waals surface area (Å²) in [6.07, 6.45) is 1.94. The van der Waals surface area contributed by atoms with E-state index in [-0.39, 0.29) is 11.4 Å². The molecule has 0 saturated carbocycles. The van der Waals surface area contributed by atoms with Crippen LogP contribution in [0.15, 0.2) is 30.3 Å². The summed E-state index contributed by atoms with van der Waals surface area (Å²) in [4.78, 5) is 13.0. The van der Waals surface area contributed by atoms with Crippen molar-refractivity contribution in [3.63, 3.8) is 0 Å². The van der Waals surface area contributed by atoms with E-state index < -0.39 is 4.92 Å². The second kappa shape index (κ2) is 9.79. The fraction of sp³-hybridized carbons (Fsp3) is 0.333. The van der Waals surface area contributed by atoms with Crippen LogP contribution in [0.5, 0.6) is 23.0 Å². The topological polar surface area (TPSA) is 83.3 Å². The molecule has 8 nitrogen and oxygen atoms in total. The minimum Gasteiger partial charge on any atom is -0.493 e. The van der Waals surface area contributed by atoms with E-state index in [1.54, 1.807) is 33.5 Å². The molecular formula is C21H26N2O6. The Morgan fingerprint density at radius 1 is 0.966 bits per heavy atom. The smallest absolute Gasteiger partial charge is 0.311 e. The van der Waals surface area contributed by atoms with Crippen molar-refractivity contribution in [2.24, 2.45) is 0 Å². The first-order chi connectivity index (χ1) is 13.8. The van der Waals surface area contributed by atoms with Gasteiger partial charge in [0.2, 0.25) is 5.75 Å². The monoisotopic (exact) mass is 402 g/mol. The van der Waals surface area contributed by atoms with Crippen molar-refractivity contribution in [3.05, 3.63) is 51.6 Å². The fourth-order valence-corrected chi connectivity index (χ4v) is 2.98. The Bertz CT molecular complexity index is 883. The van der Waals surface area contributed by atoms with Gasteiger partial charge in [0.1, 0.15) is 0 Å². The van der Waals surface area contributed by atoms with Crippen LogP contribution in [0, 0.1) is 10.1 Å². The molecule has 2 aromatic carbocycles. The van der Waals surface area contributed by atoms with E-state index in [0.717, 1.165) is 16.7 Å². The van der Waals surface area contributed by atoms with Gasteiger partial charge >= 0.3 is 5.69 Å². The normalized spacial score (nSPS) is 11.3. The summed E-state index contributed by atoms with van der Waals surface area (Å²) >= 11 is 0. The molecule has 0 bridgehead atoms. The van der Waals surface area contributed by atoms with Gasteiger partial charge in [0.15, 0.2) is 17.2 Å². The van der Waals surface area contributed by atoms with E-state index in [4.69, 9.17) is 18.9 Å².